The molecule has 0 saturated heterocycles. The van der Waals surface area contributed by atoms with Gasteiger partial charge in [0.05, 0.1) is 0 Å². The Hall–Kier alpha value is -3.20. The number of anilines is 3. The molecule has 1 aliphatic rings. The Balaban J connectivity index is 1.57. The van der Waals surface area contributed by atoms with Crippen molar-refractivity contribution in [2.75, 3.05) is 11.1 Å². The Morgan fingerprint density at radius 2 is 1.85 bits per heavy atom. The minimum atomic E-state index is -3.68. The summed E-state index contributed by atoms with van der Waals surface area (Å²) in [6.45, 7) is 0. The molecular formula is C17H11F2N3O3S. The number of halogens is 2. The van der Waals surface area contributed by atoms with Crippen LogP contribution in [0.1, 0.15) is 15.2 Å². The molecular weight excluding hydrogens is 364 g/mol. The summed E-state index contributed by atoms with van der Waals surface area (Å²) < 4.78 is 34.9. The topological polar surface area (TPSA) is 86.5 Å². The zero-order valence-corrected chi connectivity index (χ0v) is 13.8. The number of thiazole rings is 1. The Bertz CT molecular complexity index is 992. The zero-order chi connectivity index (χ0) is 18.3. The maximum atomic E-state index is 13.1. The van der Waals surface area contributed by atoms with Crippen molar-refractivity contribution >= 4 is 33.8 Å². The number of hydrogen-bond donors (Lipinski definition) is 2. The fourth-order valence-corrected chi connectivity index (χ4v) is 3.29. The van der Waals surface area contributed by atoms with Crippen LogP contribution in [0.2, 0.25) is 0 Å². The highest BCUT2D eigenvalue weighted by molar-refractivity contribution is 7.18. The third-order valence-electron chi connectivity index (χ3n) is 3.55. The van der Waals surface area contributed by atoms with Crippen molar-refractivity contribution in [1.82, 2.24) is 4.98 Å². The number of hydrogen-bond acceptors (Lipinski definition) is 7. The number of nitrogen functional groups attached to an aromatic ring is 1. The average molecular weight is 375 g/mol. The van der Waals surface area contributed by atoms with Gasteiger partial charge in [-0.05, 0) is 12.1 Å². The van der Waals surface area contributed by atoms with Crippen molar-refractivity contribution in [2.24, 2.45) is 0 Å². The Labute approximate surface area is 150 Å². The smallest absolute Gasteiger partial charge is 0.395 e. The van der Waals surface area contributed by atoms with Crippen LogP contribution in [-0.2, 0) is 0 Å². The van der Waals surface area contributed by atoms with E-state index in [-0.39, 0.29) is 23.1 Å². The molecule has 2 aromatic carbocycles. The summed E-state index contributed by atoms with van der Waals surface area (Å²) in [5.74, 6) is -0.290. The highest BCUT2D eigenvalue weighted by Crippen LogP contribution is 2.43. The number of nitrogens with two attached hydrogens (primary N) is 1. The fourth-order valence-electron chi connectivity index (χ4n) is 2.42. The standard InChI is InChI=1S/C17H11F2N3O3S/c18-17(19)24-11-7-6-10(8-12(11)25-17)21-16-22-15(20)14(26-16)13(23)9-4-2-1-3-5-9/h1-8H,20H2,(H,21,22). The van der Waals surface area contributed by atoms with Gasteiger partial charge in [0.2, 0.25) is 5.78 Å². The lowest BCUT2D eigenvalue weighted by molar-refractivity contribution is -0.286. The van der Waals surface area contributed by atoms with Gasteiger partial charge in [0.15, 0.2) is 16.6 Å². The summed E-state index contributed by atoms with van der Waals surface area (Å²) in [6, 6.07) is 12.9. The van der Waals surface area contributed by atoms with Crippen molar-refractivity contribution < 1.29 is 23.0 Å². The second kappa shape index (κ2) is 5.95. The number of fused-ring (bicyclic) bond motifs is 1. The Kier molecular flexibility index (Phi) is 3.73. The number of carbonyl (C=O) groups excluding carboxylic acids is 1. The molecule has 6 nitrogen and oxygen atoms in total. The van der Waals surface area contributed by atoms with Crippen LogP contribution >= 0.6 is 11.3 Å². The molecule has 2 heterocycles. The number of nitrogens with one attached hydrogen (secondary N) is 1. The molecule has 26 heavy (non-hydrogen) atoms. The van der Waals surface area contributed by atoms with Gasteiger partial charge >= 0.3 is 6.29 Å². The summed E-state index contributed by atoms with van der Waals surface area (Å²) in [5.41, 5.74) is 6.80. The first-order chi connectivity index (χ1) is 12.4. The van der Waals surface area contributed by atoms with E-state index in [1.54, 1.807) is 24.3 Å². The summed E-state index contributed by atoms with van der Waals surface area (Å²) in [5, 5.41) is 3.28. The summed E-state index contributed by atoms with van der Waals surface area (Å²) in [6.07, 6.45) is -3.68. The molecule has 3 aromatic rings. The first-order valence-electron chi connectivity index (χ1n) is 7.44. The SMILES string of the molecule is Nc1nc(Nc2ccc3c(c2)OC(F)(F)O3)sc1C(=O)c1ccccc1. The molecule has 132 valence electrons. The van der Waals surface area contributed by atoms with Crippen molar-refractivity contribution in [3.05, 3.63) is 59.0 Å². The Morgan fingerprint density at radius 3 is 2.62 bits per heavy atom. The van der Waals surface area contributed by atoms with E-state index in [4.69, 9.17) is 5.73 Å². The van der Waals surface area contributed by atoms with E-state index in [0.717, 1.165) is 11.3 Å². The number of carbonyl (C=O) groups is 1. The van der Waals surface area contributed by atoms with Crippen LogP contribution in [0.15, 0.2) is 48.5 Å². The molecule has 0 radical (unpaired) electrons. The largest absolute Gasteiger partial charge is 0.586 e. The molecule has 1 aromatic heterocycles. The van der Waals surface area contributed by atoms with Gasteiger partial charge in [-0.3, -0.25) is 4.79 Å². The normalized spacial score (nSPS) is 14.2. The van der Waals surface area contributed by atoms with Crippen LogP contribution in [0.5, 0.6) is 11.5 Å². The fraction of sp³-hybridized carbons (Fsp3) is 0.0588. The maximum absolute atomic E-state index is 13.1. The maximum Gasteiger partial charge on any atom is 0.586 e. The van der Waals surface area contributed by atoms with Crippen LogP contribution in [0.3, 0.4) is 0 Å². The molecule has 0 unspecified atom stereocenters. The van der Waals surface area contributed by atoms with E-state index in [0.29, 0.717) is 21.3 Å². The number of rotatable bonds is 4. The number of alkyl halides is 2. The summed E-state index contributed by atoms with van der Waals surface area (Å²) in [7, 11) is 0. The van der Waals surface area contributed by atoms with E-state index < -0.39 is 6.29 Å². The quantitative estimate of drug-likeness (QED) is 0.670. The van der Waals surface area contributed by atoms with Gasteiger partial charge < -0.3 is 20.5 Å². The monoisotopic (exact) mass is 375 g/mol. The number of benzene rings is 2. The van der Waals surface area contributed by atoms with Crippen LogP contribution in [0.4, 0.5) is 25.4 Å². The van der Waals surface area contributed by atoms with E-state index >= 15 is 0 Å². The second-order valence-electron chi connectivity index (χ2n) is 5.38. The highest BCUT2D eigenvalue weighted by Gasteiger charge is 2.43. The lowest BCUT2D eigenvalue weighted by Gasteiger charge is -2.04. The van der Waals surface area contributed by atoms with Gasteiger partial charge in [0.25, 0.3) is 0 Å². The van der Waals surface area contributed by atoms with Crippen molar-refractivity contribution in [3.63, 3.8) is 0 Å². The first-order valence-corrected chi connectivity index (χ1v) is 8.26. The minimum Gasteiger partial charge on any atom is -0.395 e. The number of ether oxygens (including phenoxy) is 2. The molecule has 0 amide bonds. The van der Waals surface area contributed by atoms with E-state index in [1.165, 1.54) is 18.2 Å². The number of ketones is 1. The van der Waals surface area contributed by atoms with E-state index in [9.17, 15) is 13.6 Å². The van der Waals surface area contributed by atoms with Crippen molar-refractivity contribution in [1.29, 1.82) is 0 Å². The first kappa shape index (κ1) is 16.3. The second-order valence-corrected chi connectivity index (χ2v) is 6.38. The minimum absolute atomic E-state index is 0.0563. The summed E-state index contributed by atoms with van der Waals surface area (Å²) >= 11 is 1.07. The third kappa shape index (κ3) is 3.04. The molecule has 0 atom stereocenters. The van der Waals surface area contributed by atoms with Crippen LogP contribution in [-0.4, -0.2) is 17.1 Å². The molecule has 3 N–H and O–H groups in total. The lowest BCUT2D eigenvalue weighted by atomic mass is 10.1. The van der Waals surface area contributed by atoms with Crippen LogP contribution in [0.25, 0.3) is 0 Å². The predicted octanol–water partition coefficient (Wildman–Crippen LogP) is 4.02. The summed E-state index contributed by atoms with van der Waals surface area (Å²) in [4.78, 5) is 16.9. The van der Waals surface area contributed by atoms with Gasteiger partial charge in [0.1, 0.15) is 10.7 Å². The lowest BCUT2D eigenvalue weighted by Crippen LogP contribution is -2.25. The molecule has 0 saturated carbocycles. The van der Waals surface area contributed by atoms with Crippen LogP contribution < -0.4 is 20.5 Å². The van der Waals surface area contributed by atoms with Gasteiger partial charge in [-0.2, -0.15) is 0 Å². The molecule has 0 bridgehead atoms. The van der Waals surface area contributed by atoms with E-state index in [2.05, 4.69) is 19.8 Å². The van der Waals surface area contributed by atoms with Gasteiger partial charge in [-0.1, -0.05) is 41.7 Å². The third-order valence-corrected chi connectivity index (χ3v) is 4.53. The Morgan fingerprint density at radius 1 is 1.12 bits per heavy atom. The molecule has 0 aliphatic carbocycles. The molecule has 4 rings (SSSR count). The van der Waals surface area contributed by atoms with Crippen LogP contribution in [0, 0.1) is 0 Å². The predicted molar refractivity (Wildman–Crippen MR) is 92.3 cm³/mol. The van der Waals surface area contributed by atoms with Gasteiger partial charge in [-0.25, -0.2) is 4.98 Å². The molecule has 0 fully saturated rings. The van der Waals surface area contributed by atoms with E-state index in [1.807, 2.05) is 6.07 Å². The number of aromatic nitrogens is 1. The molecule has 0 spiro atoms. The molecule has 9 heteroatoms. The van der Waals surface area contributed by atoms with Gasteiger partial charge in [0, 0.05) is 17.3 Å². The van der Waals surface area contributed by atoms with Crippen molar-refractivity contribution in [3.8, 4) is 11.5 Å². The highest BCUT2D eigenvalue weighted by atomic mass is 32.1. The number of nitrogens with zero attached hydrogens (tertiary/aromatic N) is 1. The van der Waals surface area contributed by atoms with Crippen molar-refractivity contribution in [2.45, 2.75) is 6.29 Å². The molecule has 1 aliphatic heterocycles. The zero-order valence-electron chi connectivity index (χ0n) is 13.0. The van der Waals surface area contributed by atoms with Gasteiger partial charge in [-0.15, -0.1) is 8.78 Å². The average Bonchev–Trinajstić information content (AvgIpc) is 3.12.